The predicted octanol–water partition coefficient (Wildman–Crippen LogP) is -0.661. The normalized spacial score (nSPS) is 34.2. The molecule has 1 saturated heterocycles. The van der Waals surface area contributed by atoms with Crippen molar-refractivity contribution in [2.75, 3.05) is 19.7 Å². The molecule has 3 heteroatoms. The van der Waals surface area contributed by atoms with E-state index in [2.05, 4.69) is 5.32 Å². The fourth-order valence-corrected chi connectivity index (χ4v) is 1.40. The fourth-order valence-electron chi connectivity index (χ4n) is 1.40. The van der Waals surface area contributed by atoms with Crippen molar-refractivity contribution in [1.82, 2.24) is 5.32 Å². The van der Waals surface area contributed by atoms with Gasteiger partial charge in [0.25, 0.3) is 0 Å². The monoisotopic (exact) mass is 145 g/mol. The van der Waals surface area contributed by atoms with E-state index < -0.39 is 0 Å². The molecule has 0 aromatic carbocycles. The van der Waals surface area contributed by atoms with Gasteiger partial charge in [0.05, 0.1) is 6.10 Å². The molecule has 1 aliphatic heterocycles. The van der Waals surface area contributed by atoms with Crippen LogP contribution >= 0.6 is 0 Å². The zero-order valence-electron chi connectivity index (χ0n) is 6.08. The van der Waals surface area contributed by atoms with Crippen molar-refractivity contribution in [3.63, 3.8) is 0 Å². The number of aliphatic hydroxyl groups excluding tert-OH is 2. The van der Waals surface area contributed by atoms with Crippen molar-refractivity contribution in [3.05, 3.63) is 0 Å². The first-order valence-corrected chi connectivity index (χ1v) is 3.84. The number of rotatable bonds is 2. The second-order valence-electron chi connectivity index (χ2n) is 2.83. The molecule has 2 atom stereocenters. The van der Waals surface area contributed by atoms with Crippen molar-refractivity contribution in [3.8, 4) is 0 Å². The lowest BCUT2D eigenvalue weighted by Gasteiger charge is -2.27. The molecule has 3 N–H and O–H groups in total. The van der Waals surface area contributed by atoms with E-state index in [1.54, 1.807) is 0 Å². The first kappa shape index (κ1) is 7.98. The van der Waals surface area contributed by atoms with E-state index in [0.29, 0.717) is 12.5 Å². The Kier molecular flexibility index (Phi) is 3.12. The van der Waals surface area contributed by atoms with Gasteiger partial charge in [-0.05, 0) is 25.3 Å². The Labute approximate surface area is 61.1 Å². The molecule has 0 aromatic heterocycles. The SMILES string of the molecule is OCC[C@H]1CCNC[C@@H]1O. The molecular weight excluding hydrogens is 130 g/mol. The maximum absolute atomic E-state index is 9.33. The summed E-state index contributed by atoms with van der Waals surface area (Å²) in [5, 5.41) is 21.0. The molecule has 0 bridgehead atoms. The smallest absolute Gasteiger partial charge is 0.0694 e. The van der Waals surface area contributed by atoms with Gasteiger partial charge in [0.1, 0.15) is 0 Å². The fraction of sp³-hybridized carbons (Fsp3) is 1.00. The minimum absolute atomic E-state index is 0.196. The van der Waals surface area contributed by atoms with Gasteiger partial charge in [-0.3, -0.25) is 0 Å². The van der Waals surface area contributed by atoms with Gasteiger partial charge < -0.3 is 15.5 Å². The van der Waals surface area contributed by atoms with Crippen LogP contribution in [0.5, 0.6) is 0 Å². The van der Waals surface area contributed by atoms with Crippen LogP contribution in [0.25, 0.3) is 0 Å². The molecule has 0 saturated carbocycles. The van der Waals surface area contributed by atoms with Crippen molar-refractivity contribution >= 4 is 0 Å². The van der Waals surface area contributed by atoms with Crippen LogP contribution in [0.2, 0.25) is 0 Å². The Hall–Kier alpha value is -0.120. The summed E-state index contributed by atoms with van der Waals surface area (Å²) in [7, 11) is 0. The summed E-state index contributed by atoms with van der Waals surface area (Å²) in [4.78, 5) is 0. The highest BCUT2D eigenvalue weighted by Gasteiger charge is 2.21. The van der Waals surface area contributed by atoms with Crippen LogP contribution in [0.1, 0.15) is 12.8 Å². The summed E-state index contributed by atoms with van der Waals surface area (Å²) in [6.45, 7) is 1.86. The third kappa shape index (κ3) is 1.94. The zero-order chi connectivity index (χ0) is 7.40. The summed E-state index contributed by atoms with van der Waals surface area (Å²) in [6.07, 6.45) is 1.48. The highest BCUT2D eigenvalue weighted by molar-refractivity contribution is 4.76. The molecule has 0 radical (unpaired) electrons. The topological polar surface area (TPSA) is 52.5 Å². The molecule has 10 heavy (non-hydrogen) atoms. The van der Waals surface area contributed by atoms with Crippen LogP contribution < -0.4 is 5.32 Å². The lowest BCUT2D eigenvalue weighted by atomic mass is 9.92. The van der Waals surface area contributed by atoms with Crippen LogP contribution in [0.3, 0.4) is 0 Å². The number of hydrogen-bond donors (Lipinski definition) is 3. The van der Waals surface area contributed by atoms with Crippen molar-refractivity contribution in [2.24, 2.45) is 5.92 Å². The van der Waals surface area contributed by atoms with Gasteiger partial charge in [-0.1, -0.05) is 0 Å². The Morgan fingerprint density at radius 3 is 2.90 bits per heavy atom. The molecule has 0 aliphatic carbocycles. The standard InChI is InChI=1S/C7H15NO2/c9-4-2-6-1-3-8-5-7(6)10/h6-10H,1-5H2/t6-,7+/m1/s1. The Balaban J connectivity index is 2.25. The van der Waals surface area contributed by atoms with Gasteiger partial charge in [0.2, 0.25) is 0 Å². The first-order valence-electron chi connectivity index (χ1n) is 3.84. The Bertz CT molecular complexity index is 95.6. The van der Waals surface area contributed by atoms with Gasteiger partial charge in [-0.2, -0.15) is 0 Å². The number of aliphatic hydroxyl groups is 2. The third-order valence-corrected chi connectivity index (χ3v) is 2.09. The molecule has 60 valence electrons. The van der Waals surface area contributed by atoms with Crippen LogP contribution in [-0.2, 0) is 0 Å². The van der Waals surface area contributed by atoms with E-state index in [1.807, 2.05) is 0 Å². The van der Waals surface area contributed by atoms with Gasteiger partial charge in [-0.15, -0.1) is 0 Å². The molecule has 0 amide bonds. The maximum Gasteiger partial charge on any atom is 0.0694 e. The summed E-state index contributed by atoms with van der Waals surface area (Å²) in [5.74, 6) is 0.311. The third-order valence-electron chi connectivity index (χ3n) is 2.09. The number of hydrogen-bond acceptors (Lipinski definition) is 3. The van der Waals surface area contributed by atoms with Crippen molar-refractivity contribution in [2.45, 2.75) is 18.9 Å². The van der Waals surface area contributed by atoms with Crippen molar-refractivity contribution < 1.29 is 10.2 Å². The van der Waals surface area contributed by atoms with Gasteiger partial charge in [0, 0.05) is 13.2 Å². The quantitative estimate of drug-likeness (QED) is 0.483. The zero-order valence-corrected chi connectivity index (χ0v) is 6.08. The van der Waals surface area contributed by atoms with Gasteiger partial charge >= 0.3 is 0 Å². The van der Waals surface area contributed by atoms with Crippen molar-refractivity contribution in [1.29, 1.82) is 0 Å². The minimum Gasteiger partial charge on any atom is -0.396 e. The average Bonchev–Trinajstić information content (AvgIpc) is 1.94. The van der Waals surface area contributed by atoms with Crippen LogP contribution in [-0.4, -0.2) is 36.0 Å². The van der Waals surface area contributed by atoms with E-state index >= 15 is 0 Å². The largest absolute Gasteiger partial charge is 0.396 e. The summed E-state index contributed by atoms with van der Waals surface area (Å²) < 4.78 is 0. The first-order chi connectivity index (χ1) is 4.84. The van der Waals surface area contributed by atoms with Gasteiger partial charge in [-0.25, -0.2) is 0 Å². The molecule has 0 aromatic rings. The summed E-state index contributed by atoms with van der Waals surface area (Å²) in [5.41, 5.74) is 0. The molecule has 0 unspecified atom stereocenters. The molecule has 1 fully saturated rings. The average molecular weight is 145 g/mol. The lowest BCUT2D eigenvalue weighted by Crippen LogP contribution is -2.40. The van der Waals surface area contributed by atoms with E-state index in [-0.39, 0.29) is 12.7 Å². The van der Waals surface area contributed by atoms with Crippen LogP contribution in [0.15, 0.2) is 0 Å². The van der Waals surface area contributed by atoms with E-state index in [4.69, 9.17) is 5.11 Å². The molecule has 1 aliphatic rings. The highest BCUT2D eigenvalue weighted by Crippen LogP contribution is 2.15. The molecular formula is C7H15NO2. The number of β-amino-alcohol motifs (C(OH)–C–C–N with tert-alkyl or cyclic N) is 1. The second-order valence-corrected chi connectivity index (χ2v) is 2.83. The number of piperidine rings is 1. The van der Waals surface area contributed by atoms with E-state index in [9.17, 15) is 5.11 Å². The summed E-state index contributed by atoms with van der Waals surface area (Å²) in [6, 6.07) is 0. The molecule has 1 rings (SSSR count). The van der Waals surface area contributed by atoms with Crippen LogP contribution in [0.4, 0.5) is 0 Å². The van der Waals surface area contributed by atoms with E-state index in [1.165, 1.54) is 0 Å². The van der Waals surface area contributed by atoms with Gasteiger partial charge in [0.15, 0.2) is 0 Å². The molecule has 0 spiro atoms. The summed E-state index contributed by atoms with van der Waals surface area (Å²) >= 11 is 0. The maximum atomic E-state index is 9.33. The highest BCUT2D eigenvalue weighted by atomic mass is 16.3. The number of nitrogens with one attached hydrogen (secondary N) is 1. The Morgan fingerprint density at radius 1 is 1.50 bits per heavy atom. The lowest BCUT2D eigenvalue weighted by molar-refractivity contribution is 0.0661. The Morgan fingerprint density at radius 2 is 2.30 bits per heavy atom. The van der Waals surface area contributed by atoms with E-state index in [0.717, 1.165) is 19.4 Å². The second kappa shape index (κ2) is 3.91. The molecule has 1 heterocycles. The predicted molar refractivity (Wildman–Crippen MR) is 38.7 cm³/mol. The minimum atomic E-state index is -0.249. The van der Waals surface area contributed by atoms with Crippen LogP contribution in [0, 0.1) is 5.92 Å². The molecule has 3 nitrogen and oxygen atoms in total.